The van der Waals surface area contributed by atoms with Gasteiger partial charge in [-0.1, -0.05) is 18.2 Å². The quantitative estimate of drug-likeness (QED) is 0.473. The van der Waals surface area contributed by atoms with Crippen molar-refractivity contribution in [1.82, 2.24) is 4.90 Å². The van der Waals surface area contributed by atoms with Crippen LogP contribution in [0.5, 0.6) is 0 Å². The largest absolute Gasteiger partial charge is 0.619 e. The predicted octanol–water partition coefficient (Wildman–Crippen LogP) is 1.27. The summed E-state index contributed by atoms with van der Waals surface area (Å²) in [5.41, 5.74) is 0.541. The first-order valence-electron chi connectivity index (χ1n) is 6.80. The predicted molar refractivity (Wildman–Crippen MR) is 78.6 cm³/mol. The molecule has 6 nitrogen and oxygen atoms in total. The minimum atomic E-state index is -0.710. The van der Waals surface area contributed by atoms with Gasteiger partial charge < -0.3 is 14.8 Å². The highest BCUT2D eigenvalue weighted by atomic mass is 19.1. The van der Waals surface area contributed by atoms with Gasteiger partial charge in [-0.05, 0) is 6.07 Å². The third-order valence-corrected chi connectivity index (χ3v) is 3.16. The van der Waals surface area contributed by atoms with Crippen LogP contribution in [0.1, 0.15) is 15.9 Å². The van der Waals surface area contributed by atoms with E-state index in [9.17, 15) is 19.2 Å². The van der Waals surface area contributed by atoms with E-state index < -0.39 is 24.3 Å². The van der Waals surface area contributed by atoms with Gasteiger partial charge in [0.05, 0.1) is 5.56 Å². The van der Waals surface area contributed by atoms with E-state index in [4.69, 9.17) is 4.74 Å². The number of hydrogen-bond donors (Lipinski definition) is 0. The maximum Gasteiger partial charge on any atom is 0.339 e. The number of aromatic nitrogens is 1. The van der Waals surface area contributed by atoms with E-state index in [0.29, 0.717) is 10.3 Å². The third kappa shape index (κ3) is 4.50. The molecule has 1 aromatic heterocycles. The number of pyridine rings is 1. The normalized spacial score (nSPS) is 10.2. The summed E-state index contributed by atoms with van der Waals surface area (Å²) in [6, 6.07) is 8.71. The van der Waals surface area contributed by atoms with Crippen molar-refractivity contribution in [3.8, 4) is 0 Å². The van der Waals surface area contributed by atoms with Crippen LogP contribution in [0.2, 0.25) is 0 Å². The van der Waals surface area contributed by atoms with E-state index in [-0.39, 0.29) is 12.1 Å². The first kappa shape index (κ1) is 16.4. The number of hydrogen-bond acceptors (Lipinski definition) is 4. The molecule has 1 amide bonds. The standard InChI is InChI=1S/C16H15FN2O4/c1-18(10-13-4-2-3-5-14(13)17)15(20)11-23-16(21)12-6-8-19(22)9-7-12/h2-9H,10-11H2,1H3. The van der Waals surface area contributed by atoms with Gasteiger partial charge in [0, 0.05) is 31.3 Å². The van der Waals surface area contributed by atoms with Crippen LogP contribution < -0.4 is 4.73 Å². The summed E-state index contributed by atoms with van der Waals surface area (Å²) >= 11 is 0. The second kappa shape index (κ2) is 7.35. The maximum atomic E-state index is 13.5. The molecule has 0 aliphatic carbocycles. The fourth-order valence-corrected chi connectivity index (χ4v) is 1.84. The molecule has 0 spiro atoms. The Balaban J connectivity index is 1.87. The van der Waals surface area contributed by atoms with E-state index in [1.807, 2.05) is 0 Å². The van der Waals surface area contributed by atoms with E-state index in [1.165, 1.54) is 30.1 Å². The van der Waals surface area contributed by atoms with Crippen molar-refractivity contribution < 1.29 is 23.4 Å². The summed E-state index contributed by atoms with van der Waals surface area (Å²) in [5, 5.41) is 10.9. The van der Waals surface area contributed by atoms with Gasteiger partial charge in [-0.15, -0.1) is 0 Å². The zero-order valence-corrected chi connectivity index (χ0v) is 12.4. The van der Waals surface area contributed by atoms with Crippen LogP contribution in [0.3, 0.4) is 0 Å². The lowest BCUT2D eigenvalue weighted by molar-refractivity contribution is -0.605. The molecular formula is C16H15FN2O4. The van der Waals surface area contributed by atoms with Crippen molar-refractivity contribution in [1.29, 1.82) is 0 Å². The Labute approximate surface area is 132 Å². The molecule has 23 heavy (non-hydrogen) atoms. The summed E-state index contributed by atoms with van der Waals surface area (Å²) in [4.78, 5) is 24.9. The van der Waals surface area contributed by atoms with Crippen LogP contribution in [0.15, 0.2) is 48.8 Å². The van der Waals surface area contributed by atoms with Crippen molar-refractivity contribution in [2.24, 2.45) is 0 Å². The van der Waals surface area contributed by atoms with Gasteiger partial charge in [-0.3, -0.25) is 4.79 Å². The molecule has 0 bridgehead atoms. The summed E-state index contributed by atoms with van der Waals surface area (Å²) in [6.45, 7) is -0.388. The fourth-order valence-electron chi connectivity index (χ4n) is 1.84. The average molecular weight is 318 g/mol. The minimum Gasteiger partial charge on any atom is -0.619 e. The van der Waals surface area contributed by atoms with Gasteiger partial charge in [0.2, 0.25) is 0 Å². The molecule has 0 aliphatic heterocycles. The van der Waals surface area contributed by atoms with Gasteiger partial charge in [0.25, 0.3) is 5.91 Å². The van der Waals surface area contributed by atoms with Gasteiger partial charge in [-0.2, -0.15) is 4.73 Å². The monoisotopic (exact) mass is 318 g/mol. The number of amides is 1. The molecule has 0 saturated heterocycles. The highest BCUT2D eigenvalue weighted by Gasteiger charge is 2.15. The number of halogens is 1. The number of carbonyl (C=O) groups excluding carboxylic acids is 2. The Morgan fingerprint density at radius 1 is 1.22 bits per heavy atom. The third-order valence-electron chi connectivity index (χ3n) is 3.16. The molecule has 0 unspecified atom stereocenters. The highest BCUT2D eigenvalue weighted by molar-refractivity contribution is 5.91. The van der Waals surface area contributed by atoms with Crippen molar-refractivity contribution in [3.05, 3.63) is 70.9 Å². The van der Waals surface area contributed by atoms with Crippen LogP contribution in [-0.4, -0.2) is 30.4 Å². The highest BCUT2D eigenvalue weighted by Crippen LogP contribution is 2.09. The van der Waals surface area contributed by atoms with E-state index in [0.717, 1.165) is 12.4 Å². The number of rotatable bonds is 5. The summed E-state index contributed by atoms with van der Waals surface area (Å²) in [5.74, 6) is -1.57. The lowest BCUT2D eigenvalue weighted by atomic mass is 10.2. The van der Waals surface area contributed by atoms with Crippen molar-refractivity contribution >= 4 is 11.9 Å². The Morgan fingerprint density at radius 2 is 1.87 bits per heavy atom. The first-order chi connectivity index (χ1) is 11.0. The van der Waals surface area contributed by atoms with Gasteiger partial charge in [0.15, 0.2) is 19.0 Å². The molecule has 0 aliphatic rings. The number of ether oxygens (including phenoxy) is 1. The molecule has 0 radical (unpaired) electrons. The topological polar surface area (TPSA) is 73.5 Å². The number of benzene rings is 1. The molecule has 0 atom stereocenters. The van der Waals surface area contributed by atoms with Crippen molar-refractivity contribution in [2.45, 2.75) is 6.54 Å². The van der Waals surface area contributed by atoms with Crippen LogP contribution in [0.25, 0.3) is 0 Å². The average Bonchev–Trinajstić information content (AvgIpc) is 2.55. The first-order valence-corrected chi connectivity index (χ1v) is 6.80. The summed E-state index contributed by atoms with van der Waals surface area (Å²) in [7, 11) is 1.49. The van der Waals surface area contributed by atoms with Crippen LogP contribution >= 0.6 is 0 Å². The molecule has 0 N–H and O–H groups in total. The summed E-state index contributed by atoms with van der Waals surface area (Å²) in [6.07, 6.45) is 2.31. The molecule has 1 heterocycles. The molecule has 0 saturated carbocycles. The molecular weight excluding hydrogens is 303 g/mol. The zero-order valence-electron chi connectivity index (χ0n) is 12.4. The second-order valence-corrected chi connectivity index (χ2v) is 4.86. The number of nitrogens with zero attached hydrogens (tertiary/aromatic N) is 2. The van der Waals surface area contributed by atoms with E-state index in [1.54, 1.807) is 18.2 Å². The van der Waals surface area contributed by atoms with Gasteiger partial charge >= 0.3 is 5.97 Å². The number of carbonyl (C=O) groups is 2. The van der Waals surface area contributed by atoms with E-state index in [2.05, 4.69) is 0 Å². The Hall–Kier alpha value is -2.96. The van der Waals surface area contributed by atoms with Gasteiger partial charge in [-0.25, -0.2) is 9.18 Å². The maximum absolute atomic E-state index is 13.5. The smallest absolute Gasteiger partial charge is 0.339 e. The molecule has 1 aromatic carbocycles. The minimum absolute atomic E-state index is 0.0740. The van der Waals surface area contributed by atoms with E-state index >= 15 is 0 Å². The van der Waals surface area contributed by atoms with Crippen LogP contribution in [0.4, 0.5) is 4.39 Å². The van der Waals surface area contributed by atoms with Crippen molar-refractivity contribution in [3.63, 3.8) is 0 Å². The number of likely N-dealkylation sites (N-methyl/N-ethyl adjacent to an activating group) is 1. The zero-order chi connectivity index (χ0) is 16.8. The van der Waals surface area contributed by atoms with Crippen molar-refractivity contribution in [2.75, 3.05) is 13.7 Å². The Morgan fingerprint density at radius 3 is 2.52 bits per heavy atom. The lowest BCUT2D eigenvalue weighted by Crippen LogP contribution is -2.31. The second-order valence-electron chi connectivity index (χ2n) is 4.86. The fraction of sp³-hybridized carbons (Fsp3) is 0.188. The van der Waals surface area contributed by atoms with Gasteiger partial charge in [0.1, 0.15) is 5.82 Å². The molecule has 7 heteroatoms. The molecule has 2 aromatic rings. The number of esters is 1. The lowest BCUT2D eigenvalue weighted by Gasteiger charge is -2.17. The van der Waals surface area contributed by atoms with Crippen LogP contribution in [-0.2, 0) is 16.1 Å². The Bertz CT molecular complexity index is 703. The molecule has 120 valence electrons. The molecule has 2 rings (SSSR count). The van der Waals surface area contributed by atoms with Crippen LogP contribution in [0, 0.1) is 11.0 Å². The SMILES string of the molecule is CN(Cc1ccccc1F)C(=O)COC(=O)c1cc[n+]([O-])cc1. The molecule has 0 fully saturated rings. The Kier molecular flexibility index (Phi) is 5.24. The summed E-state index contributed by atoms with van der Waals surface area (Å²) < 4.78 is 18.9.